The molecule has 4 heteroatoms. The molecule has 0 radical (unpaired) electrons. The molecular weight excluding hydrogens is 222 g/mol. The van der Waals surface area contributed by atoms with E-state index in [1.807, 2.05) is 24.3 Å². The van der Waals surface area contributed by atoms with Crippen molar-refractivity contribution in [2.45, 2.75) is 0 Å². The number of fused-ring (bicyclic) bond motifs is 1. The molecular formula is C12H12ClN3. The van der Waals surface area contributed by atoms with Crippen LogP contribution in [0.5, 0.6) is 0 Å². The summed E-state index contributed by atoms with van der Waals surface area (Å²) in [6.07, 6.45) is 1.74. The first-order chi connectivity index (χ1) is 7.68. The number of anilines is 2. The van der Waals surface area contributed by atoms with Crippen molar-refractivity contribution < 1.29 is 0 Å². The van der Waals surface area contributed by atoms with Gasteiger partial charge in [-0.05, 0) is 24.3 Å². The summed E-state index contributed by atoms with van der Waals surface area (Å²) in [4.78, 5) is 4.30. The third-order valence-electron chi connectivity index (χ3n) is 2.27. The number of hydrogen-bond acceptors (Lipinski definition) is 3. The third kappa shape index (κ3) is 2.09. The van der Waals surface area contributed by atoms with Crippen molar-refractivity contribution in [2.24, 2.45) is 0 Å². The van der Waals surface area contributed by atoms with E-state index in [0.29, 0.717) is 11.6 Å². The van der Waals surface area contributed by atoms with E-state index in [1.54, 1.807) is 6.20 Å². The minimum atomic E-state index is 0.511. The lowest BCUT2D eigenvalue weighted by molar-refractivity contribution is 1.31. The van der Waals surface area contributed by atoms with Crippen molar-refractivity contribution in [3.05, 3.63) is 42.1 Å². The average Bonchev–Trinajstić information content (AvgIpc) is 2.28. The van der Waals surface area contributed by atoms with Crippen molar-refractivity contribution in [2.75, 3.05) is 17.6 Å². The van der Waals surface area contributed by atoms with Crippen LogP contribution in [0.15, 0.2) is 42.1 Å². The Morgan fingerprint density at radius 3 is 3.00 bits per heavy atom. The zero-order valence-corrected chi connectivity index (χ0v) is 9.46. The van der Waals surface area contributed by atoms with Gasteiger partial charge in [0, 0.05) is 22.3 Å². The Balaban J connectivity index is 2.46. The van der Waals surface area contributed by atoms with Crippen molar-refractivity contribution in [3.8, 4) is 0 Å². The van der Waals surface area contributed by atoms with Crippen LogP contribution in [-0.4, -0.2) is 11.5 Å². The first kappa shape index (κ1) is 10.8. The van der Waals surface area contributed by atoms with Crippen LogP contribution in [0.25, 0.3) is 10.9 Å². The zero-order chi connectivity index (χ0) is 11.5. The number of nitrogen functional groups attached to an aromatic ring is 1. The van der Waals surface area contributed by atoms with Gasteiger partial charge in [0.1, 0.15) is 0 Å². The summed E-state index contributed by atoms with van der Waals surface area (Å²) in [5, 5.41) is 4.66. The van der Waals surface area contributed by atoms with Crippen molar-refractivity contribution in [1.29, 1.82) is 0 Å². The number of nitrogens with one attached hydrogen (secondary N) is 1. The second kappa shape index (κ2) is 4.41. The normalized spacial score (nSPS) is 10.3. The number of halogens is 1. The van der Waals surface area contributed by atoms with Gasteiger partial charge in [-0.3, -0.25) is 4.98 Å². The van der Waals surface area contributed by atoms with Gasteiger partial charge >= 0.3 is 0 Å². The van der Waals surface area contributed by atoms with E-state index in [-0.39, 0.29) is 0 Å². The molecule has 0 unspecified atom stereocenters. The van der Waals surface area contributed by atoms with Crippen LogP contribution in [0.1, 0.15) is 0 Å². The van der Waals surface area contributed by atoms with Crippen LogP contribution < -0.4 is 11.1 Å². The van der Waals surface area contributed by atoms with E-state index in [4.69, 9.17) is 17.3 Å². The first-order valence-corrected chi connectivity index (χ1v) is 5.26. The molecule has 16 heavy (non-hydrogen) atoms. The lowest BCUT2D eigenvalue weighted by Gasteiger charge is -2.09. The number of hydrogen-bond donors (Lipinski definition) is 2. The third-order valence-corrected chi connectivity index (χ3v) is 2.41. The summed E-state index contributed by atoms with van der Waals surface area (Å²) < 4.78 is 0. The standard InChI is InChI=1S/C12H12ClN3/c1-8(13)7-16-11-5-4-10(14)9-3-2-6-15-12(9)11/h2-6,16H,1,7,14H2. The molecule has 0 amide bonds. The van der Waals surface area contributed by atoms with Gasteiger partial charge in [0.2, 0.25) is 0 Å². The number of nitrogens with zero attached hydrogens (tertiary/aromatic N) is 1. The predicted octanol–water partition coefficient (Wildman–Crippen LogP) is 2.98. The van der Waals surface area contributed by atoms with Crippen LogP contribution in [-0.2, 0) is 0 Å². The number of nitrogens with two attached hydrogens (primary N) is 1. The van der Waals surface area contributed by atoms with Gasteiger partial charge in [0.25, 0.3) is 0 Å². The molecule has 0 spiro atoms. The molecule has 0 saturated heterocycles. The quantitative estimate of drug-likeness (QED) is 0.802. The SMILES string of the molecule is C=C(Cl)CNc1ccc(N)c2cccnc12. The fourth-order valence-electron chi connectivity index (χ4n) is 1.53. The Kier molecular flexibility index (Phi) is 2.97. The van der Waals surface area contributed by atoms with Crippen molar-refractivity contribution in [1.82, 2.24) is 4.98 Å². The smallest absolute Gasteiger partial charge is 0.0953 e. The largest absolute Gasteiger partial charge is 0.398 e. The molecule has 1 aromatic heterocycles. The molecule has 2 rings (SSSR count). The Labute approximate surface area is 98.9 Å². The first-order valence-electron chi connectivity index (χ1n) is 4.89. The van der Waals surface area contributed by atoms with Crippen LogP contribution in [0.2, 0.25) is 0 Å². The molecule has 0 saturated carbocycles. The number of rotatable bonds is 3. The van der Waals surface area contributed by atoms with Gasteiger partial charge in [-0.15, -0.1) is 0 Å². The van der Waals surface area contributed by atoms with Gasteiger partial charge in [0.15, 0.2) is 0 Å². The molecule has 0 atom stereocenters. The monoisotopic (exact) mass is 233 g/mol. The maximum absolute atomic E-state index is 5.87. The Morgan fingerprint density at radius 2 is 2.25 bits per heavy atom. The van der Waals surface area contributed by atoms with Gasteiger partial charge in [-0.25, -0.2) is 0 Å². The number of aromatic nitrogens is 1. The molecule has 0 fully saturated rings. The summed E-state index contributed by atoms with van der Waals surface area (Å²) in [6, 6.07) is 7.55. The molecule has 0 bridgehead atoms. The Bertz CT molecular complexity index is 537. The lowest BCUT2D eigenvalue weighted by atomic mass is 10.1. The second-order valence-corrected chi connectivity index (χ2v) is 4.01. The van der Waals surface area contributed by atoms with E-state index < -0.39 is 0 Å². The van der Waals surface area contributed by atoms with Crippen LogP contribution in [0, 0.1) is 0 Å². The minimum absolute atomic E-state index is 0.511. The van der Waals surface area contributed by atoms with E-state index in [2.05, 4.69) is 16.9 Å². The lowest BCUT2D eigenvalue weighted by Crippen LogP contribution is -2.02. The second-order valence-electron chi connectivity index (χ2n) is 3.47. The molecule has 82 valence electrons. The van der Waals surface area contributed by atoms with Crippen LogP contribution >= 0.6 is 11.6 Å². The van der Waals surface area contributed by atoms with E-state index in [0.717, 1.165) is 22.3 Å². The molecule has 0 aliphatic rings. The van der Waals surface area contributed by atoms with Crippen molar-refractivity contribution in [3.63, 3.8) is 0 Å². The molecule has 1 heterocycles. The van der Waals surface area contributed by atoms with E-state index in [1.165, 1.54) is 0 Å². The average molecular weight is 234 g/mol. The predicted molar refractivity (Wildman–Crippen MR) is 69.6 cm³/mol. The minimum Gasteiger partial charge on any atom is -0.398 e. The fraction of sp³-hybridized carbons (Fsp3) is 0.0833. The highest BCUT2D eigenvalue weighted by atomic mass is 35.5. The summed E-state index contributed by atoms with van der Waals surface area (Å²) >= 11 is 5.71. The summed E-state index contributed by atoms with van der Waals surface area (Å²) in [5.74, 6) is 0. The molecule has 3 N–H and O–H groups in total. The molecule has 0 aliphatic carbocycles. The Morgan fingerprint density at radius 1 is 1.44 bits per heavy atom. The van der Waals surface area contributed by atoms with Gasteiger partial charge < -0.3 is 11.1 Å². The molecule has 0 aliphatic heterocycles. The summed E-state index contributed by atoms with van der Waals surface area (Å²) in [6.45, 7) is 4.14. The maximum Gasteiger partial charge on any atom is 0.0953 e. The fourth-order valence-corrected chi connectivity index (χ4v) is 1.60. The highest BCUT2D eigenvalue weighted by Crippen LogP contribution is 2.26. The molecule has 1 aromatic carbocycles. The number of pyridine rings is 1. The summed E-state index contributed by atoms with van der Waals surface area (Å²) in [7, 11) is 0. The highest BCUT2D eigenvalue weighted by Gasteiger charge is 2.04. The zero-order valence-electron chi connectivity index (χ0n) is 8.70. The molecule has 2 aromatic rings. The van der Waals surface area contributed by atoms with E-state index >= 15 is 0 Å². The summed E-state index contributed by atoms with van der Waals surface area (Å²) in [5.41, 5.74) is 8.35. The molecule has 3 nitrogen and oxygen atoms in total. The van der Waals surface area contributed by atoms with Crippen LogP contribution in [0.4, 0.5) is 11.4 Å². The van der Waals surface area contributed by atoms with E-state index in [9.17, 15) is 0 Å². The number of benzene rings is 1. The van der Waals surface area contributed by atoms with Crippen LogP contribution in [0.3, 0.4) is 0 Å². The van der Waals surface area contributed by atoms with Gasteiger partial charge in [0.05, 0.1) is 17.7 Å². The maximum atomic E-state index is 5.87. The highest BCUT2D eigenvalue weighted by molar-refractivity contribution is 6.29. The van der Waals surface area contributed by atoms with Gasteiger partial charge in [-0.1, -0.05) is 18.2 Å². The van der Waals surface area contributed by atoms with Crippen molar-refractivity contribution >= 4 is 33.9 Å². The van der Waals surface area contributed by atoms with Gasteiger partial charge in [-0.2, -0.15) is 0 Å². The Hall–Kier alpha value is -1.74. The topological polar surface area (TPSA) is 50.9 Å².